The van der Waals surface area contributed by atoms with Crippen LogP contribution < -0.4 is 0 Å². The van der Waals surface area contributed by atoms with E-state index in [1.165, 1.54) is 5.56 Å². The summed E-state index contributed by atoms with van der Waals surface area (Å²) < 4.78 is 5.92. The van der Waals surface area contributed by atoms with E-state index in [1.807, 2.05) is 48.5 Å². The fourth-order valence-electron chi connectivity index (χ4n) is 2.48. The van der Waals surface area contributed by atoms with Crippen LogP contribution in [0.1, 0.15) is 5.56 Å². The zero-order valence-electron chi connectivity index (χ0n) is 12.5. The van der Waals surface area contributed by atoms with Crippen molar-refractivity contribution < 1.29 is 4.42 Å². The van der Waals surface area contributed by atoms with Crippen LogP contribution in [-0.2, 0) is 5.75 Å². The molecule has 2 nitrogen and oxygen atoms in total. The molecule has 1 heterocycles. The molecule has 0 saturated carbocycles. The summed E-state index contributed by atoms with van der Waals surface area (Å²) in [6.07, 6.45) is 0. The second-order valence-electron chi connectivity index (χ2n) is 5.26. The molecule has 0 aliphatic heterocycles. The van der Waals surface area contributed by atoms with Gasteiger partial charge in [0.25, 0.3) is 0 Å². The number of aromatic nitrogens is 1. The van der Waals surface area contributed by atoms with Gasteiger partial charge in [-0.1, -0.05) is 54.6 Å². The Morgan fingerprint density at radius 2 is 1.52 bits per heavy atom. The van der Waals surface area contributed by atoms with Crippen LogP contribution in [0.2, 0.25) is 0 Å². The molecule has 3 heteroatoms. The third kappa shape index (κ3) is 3.01. The van der Waals surface area contributed by atoms with Gasteiger partial charge in [-0.15, -0.1) is 11.8 Å². The zero-order chi connectivity index (χ0) is 15.5. The smallest absolute Gasteiger partial charge is 0.227 e. The molecular weight excluding hydrogens is 302 g/mol. The Morgan fingerprint density at radius 1 is 0.783 bits per heavy atom. The summed E-state index contributed by atoms with van der Waals surface area (Å²) in [6.45, 7) is 0. The lowest BCUT2D eigenvalue weighted by Gasteiger charge is -2.02. The van der Waals surface area contributed by atoms with Gasteiger partial charge in [0.1, 0.15) is 5.52 Å². The number of rotatable bonds is 4. The number of thioether (sulfide) groups is 1. The van der Waals surface area contributed by atoms with Crippen molar-refractivity contribution in [2.45, 2.75) is 10.6 Å². The number of hydrogen-bond donors (Lipinski definition) is 0. The van der Waals surface area contributed by atoms with E-state index >= 15 is 0 Å². The SMILES string of the molecule is c1ccc(CSc2cccc3oc(-c4ccccc4)nc23)cc1. The molecule has 0 fully saturated rings. The van der Waals surface area contributed by atoms with Gasteiger partial charge in [0, 0.05) is 16.2 Å². The molecule has 0 bridgehead atoms. The van der Waals surface area contributed by atoms with Crippen LogP contribution >= 0.6 is 11.8 Å². The second kappa shape index (κ2) is 6.31. The van der Waals surface area contributed by atoms with Crippen LogP contribution in [0.5, 0.6) is 0 Å². The van der Waals surface area contributed by atoms with E-state index < -0.39 is 0 Å². The molecule has 0 aliphatic carbocycles. The number of nitrogens with zero attached hydrogens (tertiary/aromatic N) is 1. The lowest BCUT2D eigenvalue weighted by atomic mass is 10.2. The minimum atomic E-state index is 0.674. The molecular formula is C20H15NOS. The van der Waals surface area contributed by atoms with Gasteiger partial charge in [-0.05, 0) is 29.8 Å². The summed E-state index contributed by atoms with van der Waals surface area (Å²) >= 11 is 1.79. The van der Waals surface area contributed by atoms with Gasteiger partial charge in [0.15, 0.2) is 5.58 Å². The zero-order valence-corrected chi connectivity index (χ0v) is 13.3. The summed E-state index contributed by atoms with van der Waals surface area (Å²) in [6, 6.07) is 26.6. The van der Waals surface area contributed by atoms with Crippen molar-refractivity contribution >= 4 is 22.9 Å². The van der Waals surface area contributed by atoms with Gasteiger partial charge in [-0.2, -0.15) is 0 Å². The maximum atomic E-state index is 5.92. The van der Waals surface area contributed by atoms with Crippen LogP contribution in [0.4, 0.5) is 0 Å². The normalized spacial score (nSPS) is 11.0. The Labute approximate surface area is 139 Å². The number of oxazole rings is 1. The number of para-hydroxylation sites is 1. The van der Waals surface area contributed by atoms with E-state index in [0.29, 0.717) is 5.89 Å². The first-order valence-corrected chi connectivity index (χ1v) is 8.50. The third-order valence-electron chi connectivity index (χ3n) is 3.64. The highest BCUT2D eigenvalue weighted by atomic mass is 32.2. The Morgan fingerprint density at radius 3 is 2.30 bits per heavy atom. The Hall–Kier alpha value is -2.52. The van der Waals surface area contributed by atoms with Crippen LogP contribution in [0.15, 0.2) is 88.2 Å². The first-order valence-electron chi connectivity index (χ1n) is 7.52. The number of fused-ring (bicyclic) bond motifs is 1. The van der Waals surface area contributed by atoms with E-state index in [4.69, 9.17) is 9.40 Å². The Kier molecular flexibility index (Phi) is 3.86. The molecule has 0 aliphatic rings. The van der Waals surface area contributed by atoms with Gasteiger partial charge in [0.05, 0.1) is 0 Å². The molecule has 0 amide bonds. The highest BCUT2D eigenvalue weighted by molar-refractivity contribution is 7.98. The average molecular weight is 317 g/mol. The molecule has 4 aromatic rings. The van der Waals surface area contributed by atoms with Crippen LogP contribution in [0, 0.1) is 0 Å². The maximum Gasteiger partial charge on any atom is 0.227 e. The summed E-state index contributed by atoms with van der Waals surface area (Å²) in [7, 11) is 0. The Balaban J connectivity index is 1.66. The van der Waals surface area contributed by atoms with E-state index in [0.717, 1.165) is 27.3 Å². The first-order chi connectivity index (χ1) is 11.4. The predicted molar refractivity (Wildman–Crippen MR) is 95.4 cm³/mol. The highest BCUT2D eigenvalue weighted by Gasteiger charge is 2.11. The fourth-order valence-corrected chi connectivity index (χ4v) is 3.45. The second-order valence-corrected chi connectivity index (χ2v) is 6.28. The Bertz CT molecular complexity index is 916. The van der Waals surface area contributed by atoms with Crippen molar-refractivity contribution in [3.8, 4) is 11.5 Å². The van der Waals surface area contributed by atoms with E-state index in [9.17, 15) is 0 Å². The summed E-state index contributed by atoms with van der Waals surface area (Å²) in [5.74, 6) is 1.60. The lowest BCUT2D eigenvalue weighted by molar-refractivity contribution is 0.620. The van der Waals surface area contributed by atoms with Crippen molar-refractivity contribution in [1.82, 2.24) is 4.98 Å². The summed E-state index contributed by atoms with van der Waals surface area (Å²) in [4.78, 5) is 5.86. The average Bonchev–Trinajstić information content (AvgIpc) is 3.06. The van der Waals surface area contributed by atoms with Crippen LogP contribution in [0.3, 0.4) is 0 Å². The third-order valence-corrected chi connectivity index (χ3v) is 4.76. The molecule has 112 valence electrons. The largest absolute Gasteiger partial charge is 0.436 e. The molecule has 0 spiro atoms. The van der Waals surface area contributed by atoms with Crippen LogP contribution in [0.25, 0.3) is 22.6 Å². The molecule has 3 aromatic carbocycles. The minimum absolute atomic E-state index is 0.674. The standard InChI is InChI=1S/C20H15NOS/c1-3-8-15(9-4-1)14-23-18-13-7-12-17-19(18)21-20(22-17)16-10-5-2-6-11-16/h1-13H,14H2. The van der Waals surface area contributed by atoms with E-state index in [2.05, 4.69) is 30.3 Å². The topological polar surface area (TPSA) is 26.0 Å². The quantitative estimate of drug-likeness (QED) is 0.446. The fraction of sp³-hybridized carbons (Fsp3) is 0.0500. The molecule has 0 unspecified atom stereocenters. The molecule has 4 rings (SSSR count). The summed E-state index contributed by atoms with van der Waals surface area (Å²) in [5, 5.41) is 0. The van der Waals surface area contributed by atoms with E-state index in [-0.39, 0.29) is 0 Å². The minimum Gasteiger partial charge on any atom is -0.436 e. The van der Waals surface area contributed by atoms with Gasteiger partial charge in [-0.3, -0.25) is 0 Å². The van der Waals surface area contributed by atoms with Gasteiger partial charge in [-0.25, -0.2) is 4.98 Å². The molecule has 1 aromatic heterocycles. The number of benzene rings is 3. The van der Waals surface area contributed by atoms with Crippen molar-refractivity contribution in [1.29, 1.82) is 0 Å². The molecule has 0 saturated heterocycles. The van der Waals surface area contributed by atoms with Crippen molar-refractivity contribution in [2.75, 3.05) is 0 Å². The van der Waals surface area contributed by atoms with Crippen LogP contribution in [-0.4, -0.2) is 4.98 Å². The maximum absolute atomic E-state index is 5.92. The highest BCUT2D eigenvalue weighted by Crippen LogP contribution is 2.32. The molecule has 0 N–H and O–H groups in total. The first kappa shape index (κ1) is 14.1. The molecule has 0 atom stereocenters. The van der Waals surface area contributed by atoms with Crippen molar-refractivity contribution in [2.24, 2.45) is 0 Å². The monoisotopic (exact) mass is 317 g/mol. The van der Waals surface area contributed by atoms with Gasteiger partial charge < -0.3 is 4.42 Å². The lowest BCUT2D eigenvalue weighted by Crippen LogP contribution is -1.81. The molecule has 23 heavy (non-hydrogen) atoms. The van der Waals surface area contributed by atoms with E-state index in [1.54, 1.807) is 11.8 Å². The molecule has 0 radical (unpaired) electrons. The van der Waals surface area contributed by atoms with Gasteiger partial charge in [0.2, 0.25) is 5.89 Å². The van der Waals surface area contributed by atoms with Gasteiger partial charge >= 0.3 is 0 Å². The summed E-state index contributed by atoms with van der Waals surface area (Å²) in [5.41, 5.74) is 4.08. The predicted octanol–water partition coefficient (Wildman–Crippen LogP) is 5.79. The number of hydrogen-bond acceptors (Lipinski definition) is 3. The van der Waals surface area contributed by atoms with Crippen molar-refractivity contribution in [3.05, 3.63) is 84.4 Å². The van der Waals surface area contributed by atoms with Crippen molar-refractivity contribution in [3.63, 3.8) is 0 Å².